The van der Waals surface area contributed by atoms with Crippen LogP contribution in [0.3, 0.4) is 0 Å². The summed E-state index contributed by atoms with van der Waals surface area (Å²) in [5.41, 5.74) is 2.21. The lowest BCUT2D eigenvalue weighted by atomic mass is 10.0. The van der Waals surface area contributed by atoms with Gasteiger partial charge in [-0.05, 0) is 30.2 Å². The van der Waals surface area contributed by atoms with E-state index >= 15 is 0 Å². The molecule has 0 fully saturated rings. The summed E-state index contributed by atoms with van der Waals surface area (Å²) in [6.45, 7) is 2.18. The Morgan fingerprint density at radius 3 is 3.10 bits per heavy atom. The number of hydrogen-bond donors (Lipinski definition) is 0. The van der Waals surface area contributed by atoms with Crippen molar-refractivity contribution in [2.45, 2.75) is 19.9 Å². The maximum atomic E-state index is 12.3. The topological polar surface area (TPSA) is 61.2 Å². The van der Waals surface area contributed by atoms with E-state index in [1.54, 1.807) is 0 Å². The van der Waals surface area contributed by atoms with E-state index in [4.69, 9.17) is 4.74 Å². The predicted molar refractivity (Wildman–Crippen MR) is 73.8 cm³/mol. The van der Waals surface area contributed by atoms with Gasteiger partial charge in [-0.3, -0.25) is 14.2 Å². The highest BCUT2D eigenvalue weighted by molar-refractivity contribution is 5.75. The summed E-state index contributed by atoms with van der Waals surface area (Å²) in [7, 11) is 0. The molecule has 0 aliphatic carbocycles. The smallest absolute Gasteiger partial charge is 0.261 e. The largest absolute Gasteiger partial charge is 0.493 e. The van der Waals surface area contributed by atoms with Crippen LogP contribution < -0.4 is 10.3 Å². The Labute approximate surface area is 115 Å². The summed E-state index contributed by atoms with van der Waals surface area (Å²) in [4.78, 5) is 27.6. The fraction of sp³-hybridized carbons (Fsp3) is 0.267. The maximum absolute atomic E-state index is 12.3. The van der Waals surface area contributed by atoms with E-state index in [0.717, 1.165) is 23.3 Å². The van der Waals surface area contributed by atoms with Gasteiger partial charge in [0.25, 0.3) is 5.56 Å². The Balaban J connectivity index is 2.06. The molecule has 0 saturated heterocycles. The van der Waals surface area contributed by atoms with E-state index in [1.807, 2.05) is 18.2 Å². The Morgan fingerprint density at radius 1 is 1.45 bits per heavy atom. The van der Waals surface area contributed by atoms with E-state index < -0.39 is 0 Å². The van der Waals surface area contributed by atoms with Crippen LogP contribution in [0.2, 0.25) is 0 Å². The van der Waals surface area contributed by atoms with Gasteiger partial charge in [0.1, 0.15) is 11.5 Å². The van der Waals surface area contributed by atoms with Crippen LogP contribution in [0.25, 0.3) is 11.1 Å². The first kappa shape index (κ1) is 12.6. The van der Waals surface area contributed by atoms with Crippen molar-refractivity contribution in [2.24, 2.45) is 0 Å². The molecule has 0 saturated carbocycles. The second-order valence-corrected chi connectivity index (χ2v) is 4.86. The van der Waals surface area contributed by atoms with Crippen molar-refractivity contribution < 1.29 is 9.53 Å². The zero-order valence-corrected chi connectivity index (χ0v) is 11.1. The van der Waals surface area contributed by atoms with Crippen molar-refractivity contribution in [1.82, 2.24) is 9.55 Å². The van der Waals surface area contributed by atoms with Gasteiger partial charge in [0.05, 0.1) is 25.0 Å². The number of benzene rings is 1. The molecule has 1 aliphatic rings. The lowest BCUT2D eigenvalue weighted by molar-refractivity contribution is -0.117. The number of carbonyl (C=O) groups is 1. The SMILES string of the molecule is CC(=O)Cn1cncc(-c2ccc3c(c2)CCO3)c1=O. The van der Waals surface area contributed by atoms with Crippen LogP contribution in [-0.4, -0.2) is 21.9 Å². The summed E-state index contributed by atoms with van der Waals surface area (Å²) in [5, 5.41) is 0. The molecular weight excluding hydrogens is 256 g/mol. The number of aromatic nitrogens is 2. The fourth-order valence-corrected chi connectivity index (χ4v) is 2.36. The van der Waals surface area contributed by atoms with Crippen LogP contribution in [0.4, 0.5) is 0 Å². The molecule has 0 radical (unpaired) electrons. The first-order chi connectivity index (χ1) is 9.65. The van der Waals surface area contributed by atoms with Crippen molar-refractivity contribution in [3.8, 4) is 16.9 Å². The second kappa shape index (κ2) is 4.92. The van der Waals surface area contributed by atoms with Gasteiger partial charge in [-0.15, -0.1) is 0 Å². The molecule has 0 N–H and O–H groups in total. The minimum atomic E-state index is -0.200. The molecule has 0 amide bonds. The molecule has 3 rings (SSSR count). The highest BCUT2D eigenvalue weighted by atomic mass is 16.5. The average molecular weight is 270 g/mol. The maximum Gasteiger partial charge on any atom is 0.261 e. The first-order valence-electron chi connectivity index (χ1n) is 6.45. The van der Waals surface area contributed by atoms with Gasteiger partial charge < -0.3 is 4.74 Å². The van der Waals surface area contributed by atoms with E-state index in [2.05, 4.69) is 4.98 Å². The van der Waals surface area contributed by atoms with Gasteiger partial charge in [0.2, 0.25) is 0 Å². The van der Waals surface area contributed by atoms with Gasteiger partial charge in [-0.25, -0.2) is 4.98 Å². The predicted octanol–water partition coefficient (Wildman–Crippen LogP) is 1.43. The molecule has 0 spiro atoms. The molecule has 0 atom stereocenters. The van der Waals surface area contributed by atoms with E-state index in [-0.39, 0.29) is 17.9 Å². The van der Waals surface area contributed by atoms with Crippen molar-refractivity contribution in [2.75, 3.05) is 6.61 Å². The Hall–Kier alpha value is -2.43. The average Bonchev–Trinajstić information content (AvgIpc) is 2.88. The van der Waals surface area contributed by atoms with E-state index in [9.17, 15) is 9.59 Å². The Kier molecular flexibility index (Phi) is 3.10. The third-order valence-electron chi connectivity index (χ3n) is 3.29. The molecule has 20 heavy (non-hydrogen) atoms. The monoisotopic (exact) mass is 270 g/mol. The molecule has 1 aromatic carbocycles. The quantitative estimate of drug-likeness (QED) is 0.846. The molecule has 1 aliphatic heterocycles. The van der Waals surface area contributed by atoms with E-state index in [1.165, 1.54) is 24.0 Å². The van der Waals surface area contributed by atoms with Crippen LogP contribution in [0.1, 0.15) is 12.5 Å². The molecule has 1 aromatic heterocycles. The standard InChI is InChI=1S/C15H14N2O3/c1-10(18)8-17-9-16-7-13(15(17)19)11-2-3-14-12(6-11)4-5-20-14/h2-3,6-7,9H,4-5,8H2,1H3. The molecule has 5 heteroatoms. The first-order valence-corrected chi connectivity index (χ1v) is 6.45. The Bertz CT molecular complexity index is 734. The molecule has 2 heterocycles. The molecule has 0 bridgehead atoms. The van der Waals surface area contributed by atoms with Crippen molar-refractivity contribution in [3.05, 3.63) is 46.6 Å². The van der Waals surface area contributed by atoms with Gasteiger partial charge in [-0.2, -0.15) is 0 Å². The van der Waals surface area contributed by atoms with Gasteiger partial charge in [0.15, 0.2) is 0 Å². The number of fused-ring (bicyclic) bond motifs is 1. The van der Waals surface area contributed by atoms with Crippen molar-refractivity contribution >= 4 is 5.78 Å². The number of carbonyl (C=O) groups excluding carboxylic acids is 1. The number of hydrogen-bond acceptors (Lipinski definition) is 4. The number of ether oxygens (including phenoxy) is 1. The van der Waals surface area contributed by atoms with Crippen molar-refractivity contribution in [1.29, 1.82) is 0 Å². The summed E-state index contributed by atoms with van der Waals surface area (Å²) < 4.78 is 6.79. The third kappa shape index (κ3) is 2.22. The number of rotatable bonds is 3. The van der Waals surface area contributed by atoms with Crippen LogP contribution in [0.5, 0.6) is 5.75 Å². The van der Waals surface area contributed by atoms with Gasteiger partial charge in [-0.1, -0.05) is 6.07 Å². The van der Waals surface area contributed by atoms with E-state index in [0.29, 0.717) is 12.2 Å². The number of Topliss-reactive ketones (excluding diaryl/α,β-unsaturated/α-hetero) is 1. The summed E-state index contributed by atoms with van der Waals surface area (Å²) in [5.74, 6) is 0.801. The van der Waals surface area contributed by atoms with Crippen molar-refractivity contribution in [3.63, 3.8) is 0 Å². The minimum absolute atomic E-state index is 0.0493. The number of nitrogens with zero attached hydrogens (tertiary/aromatic N) is 2. The van der Waals surface area contributed by atoms with Crippen LogP contribution >= 0.6 is 0 Å². The third-order valence-corrected chi connectivity index (χ3v) is 3.29. The highest BCUT2D eigenvalue weighted by Gasteiger charge is 2.14. The molecule has 5 nitrogen and oxygen atoms in total. The minimum Gasteiger partial charge on any atom is -0.493 e. The van der Waals surface area contributed by atoms with Gasteiger partial charge in [0, 0.05) is 12.6 Å². The lowest BCUT2D eigenvalue weighted by Gasteiger charge is -2.07. The summed E-state index contributed by atoms with van der Waals surface area (Å²) in [6, 6.07) is 5.68. The summed E-state index contributed by atoms with van der Waals surface area (Å²) in [6.07, 6.45) is 3.78. The zero-order chi connectivity index (χ0) is 14.1. The molecular formula is C15H14N2O3. The molecule has 2 aromatic rings. The molecule has 102 valence electrons. The summed E-state index contributed by atoms with van der Waals surface area (Å²) >= 11 is 0. The highest BCUT2D eigenvalue weighted by Crippen LogP contribution is 2.29. The lowest BCUT2D eigenvalue weighted by Crippen LogP contribution is -2.24. The van der Waals surface area contributed by atoms with Crippen LogP contribution in [0, 0.1) is 0 Å². The zero-order valence-electron chi connectivity index (χ0n) is 11.1. The molecule has 0 unspecified atom stereocenters. The van der Waals surface area contributed by atoms with Crippen LogP contribution in [-0.2, 0) is 17.8 Å². The fourth-order valence-electron chi connectivity index (χ4n) is 2.36. The Morgan fingerprint density at radius 2 is 2.30 bits per heavy atom. The second-order valence-electron chi connectivity index (χ2n) is 4.86. The van der Waals surface area contributed by atoms with Crippen LogP contribution in [0.15, 0.2) is 35.5 Å². The number of ketones is 1. The van der Waals surface area contributed by atoms with Gasteiger partial charge >= 0.3 is 0 Å². The normalized spacial score (nSPS) is 12.8.